The van der Waals surface area contributed by atoms with Crippen molar-refractivity contribution in [3.63, 3.8) is 0 Å². The first-order chi connectivity index (χ1) is 7.67. The maximum atomic E-state index is 2.42. The van der Waals surface area contributed by atoms with Crippen LogP contribution in [0.3, 0.4) is 0 Å². The number of thiophene rings is 1. The Balaban J connectivity index is 2.56. The third kappa shape index (κ3) is 4.29. The lowest BCUT2D eigenvalue weighted by Gasteiger charge is -2.25. The Morgan fingerprint density at radius 2 is 1.94 bits per heavy atom. The Hall–Kier alpha value is -0.300. The van der Waals surface area contributed by atoms with Crippen LogP contribution in [-0.4, -0.2) is 0 Å². The number of rotatable bonds is 7. The smallest absolute Gasteiger partial charge is 0.00480 e. The monoisotopic (exact) mass is 238 g/mol. The fourth-order valence-corrected chi connectivity index (χ4v) is 3.02. The van der Waals surface area contributed by atoms with Gasteiger partial charge in [-0.25, -0.2) is 0 Å². The number of hydrogen-bond acceptors (Lipinski definition) is 1. The van der Waals surface area contributed by atoms with Crippen LogP contribution in [-0.2, 0) is 6.42 Å². The highest BCUT2D eigenvalue weighted by atomic mass is 32.1. The Bertz CT molecular complexity index is 263. The fourth-order valence-electron chi connectivity index (χ4n) is 2.22. The largest absolute Gasteiger partial charge is 0.149 e. The van der Waals surface area contributed by atoms with Crippen molar-refractivity contribution in [3.05, 3.63) is 22.4 Å². The van der Waals surface area contributed by atoms with Gasteiger partial charge in [0.15, 0.2) is 0 Å². The first-order valence-electron chi connectivity index (χ1n) is 6.69. The van der Waals surface area contributed by atoms with Crippen LogP contribution in [0.2, 0.25) is 0 Å². The molecule has 0 aromatic carbocycles. The summed E-state index contributed by atoms with van der Waals surface area (Å²) in [5.41, 5.74) is 0. The molecule has 0 saturated carbocycles. The van der Waals surface area contributed by atoms with Crippen LogP contribution in [0.25, 0.3) is 0 Å². The molecule has 1 rings (SSSR count). The molecule has 1 heteroatoms. The molecule has 1 aromatic heterocycles. The Labute approximate surface area is 105 Å². The van der Waals surface area contributed by atoms with Gasteiger partial charge in [0.2, 0.25) is 0 Å². The molecule has 92 valence electrons. The lowest BCUT2D eigenvalue weighted by Crippen LogP contribution is -2.16. The molecule has 0 nitrogen and oxygen atoms in total. The van der Waals surface area contributed by atoms with E-state index < -0.39 is 0 Å². The van der Waals surface area contributed by atoms with Gasteiger partial charge in [0.05, 0.1) is 0 Å². The van der Waals surface area contributed by atoms with E-state index in [1.54, 1.807) is 4.88 Å². The van der Waals surface area contributed by atoms with Gasteiger partial charge in [0.1, 0.15) is 0 Å². The summed E-state index contributed by atoms with van der Waals surface area (Å²) in [6.07, 6.45) is 5.31. The molecule has 3 unspecified atom stereocenters. The molecule has 0 aliphatic rings. The zero-order valence-electron chi connectivity index (χ0n) is 11.2. The van der Waals surface area contributed by atoms with E-state index in [9.17, 15) is 0 Å². The topological polar surface area (TPSA) is 0 Å². The SMILES string of the molecule is CCC(C)CC(Cc1cccs1)C(C)CC. The second-order valence-electron chi connectivity index (χ2n) is 5.18. The lowest BCUT2D eigenvalue weighted by atomic mass is 9.81. The average molecular weight is 238 g/mol. The van der Waals surface area contributed by atoms with E-state index >= 15 is 0 Å². The normalized spacial score (nSPS) is 17.0. The molecular weight excluding hydrogens is 212 g/mol. The van der Waals surface area contributed by atoms with Crippen molar-refractivity contribution in [3.8, 4) is 0 Å². The summed E-state index contributed by atoms with van der Waals surface area (Å²) in [5.74, 6) is 2.61. The maximum absolute atomic E-state index is 2.42. The van der Waals surface area contributed by atoms with Crippen LogP contribution >= 0.6 is 11.3 Å². The second-order valence-corrected chi connectivity index (χ2v) is 6.21. The van der Waals surface area contributed by atoms with Crippen molar-refractivity contribution < 1.29 is 0 Å². The van der Waals surface area contributed by atoms with Gasteiger partial charge in [-0.3, -0.25) is 0 Å². The van der Waals surface area contributed by atoms with Crippen molar-refractivity contribution in [2.45, 2.75) is 53.4 Å². The zero-order valence-corrected chi connectivity index (χ0v) is 12.0. The standard InChI is InChI=1S/C15H26S/c1-5-12(3)10-14(13(4)6-2)11-15-8-7-9-16-15/h7-9,12-14H,5-6,10-11H2,1-4H3. The molecular formula is C15H26S. The molecule has 0 saturated heterocycles. The minimum Gasteiger partial charge on any atom is -0.149 e. The molecule has 0 aliphatic heterocycles. The fraction of sp³-hybridized carbons (Fsp3) is 0.733. The van der Waals surface area contributed by atoms with Gasteiger partial charge in [-0.05, 0) is 42.0 Å². The number of hydrogen-bond donors (Lipinski definition) is 0. The first kappa shape index (κ1) is 13.8. The lowest BCUT2D eigenvalue weighted by molar-refractivity contribution is 0.280. The van der Waals surface area contributed by atoms with E-state index in [1.807, 2.05) is 11.3 Å². The van der Waals surface area contributed by atoms with Crippen LogP contribution in [0.1, 0.15) is 51.8 Å². The van der Waals surface area contributed by atoms with Gasteiger partial charge in [-0.1, -0.05) is 46.6 Å². The molecule has 16 heavy (non-hydrogen) atoms. The van der Waals surface area contributed by atoms with Crippen LogP contribution in [0, 0.1) is 17.8 Å². The molecule has 0 amide bonds. The Kier molecular flexibility index (Phi) is 6.12. The Morgan fingerprint density at radius 1 is 1.19 bits per heavy atom. The summed E-state index contributed by atoms with van der Waals surface area (Å²) in [5, 5.41) is 2.20. The van der Waals surface area contributed by atoms with Gasteiger partial charge in [-0.2, -0.15) is 0 Å². The summed E-state index contributed by atoms with van der Waals surface area (Å²) < 4.78 is 0. The van der Waals surface area contributed by atoms with Crippen molar-refractivity contribution in [2.75, 3.05) is 0 Å². The first-order valence-corrected chi connectivity index (χ1v) is 7.57. The van der Waals surface area contributed by atoms with Crippen LogP contribution in [0.15, 0.2) is 17.5 Å². The van der Waals surface area contributed by atoms with Crippen LogP contribution < -0.4 is 0 Å². The minimum atomic E-state index is 0.857. The summed E-state index contributed by atoms with van der Waals surface area (Å²) in [7, 11) is 0. The van der Waals surface area contributed by atoms with Crippen molar-refractivity contribution in [1.82, 2.24) is 0 Å². The van der Waals surface area contributed by atoms with E-state index in [0.29, 0.717) is 0 Å². The predicted octanol–water partition coefficient (Wildman–Crippen LogP) is 5.39. The van der Waals surface area contributed by atoms with Crippen molar-refractivity contribution >= 4 is 11.3 Å². The van der Waals surface area contributed by atoms with E-state index in [4.69, 9.17) is 0 Å². The van der Waals surface area contributed by atoms with Gasteiger partial charge < -0.3 is 0 Å². The van der Waals surface area contributed by atoms with Gasteiger partial charge in [0.25, 0.3) is 0 Å². The van der Waals surface area contributed by atoms with E-state index in [2.05, 4.69) is 45.2 Å². The maximum Gasteiger partial charge on any atom is 0.00480 e. The quantitative estimate of drug-likeness (QED) is 0.597. The molecule has 0 fully saturated rings. The summed E-state index contributed by atoms with van der Waals surface area (Å²) in [4.78, 5) is 1.56. The third-order valence-electron chi connectivity index (χ3n) is 3.89. The second kappa shape index (κ2) is 7.11. The summed E-state index contributed by atoms with van der Waals surface area (Å²) in [6, 6.07) is 4.47. The zero-order chi connectivity index (χ0) is 12.0. The average Bonchev–Trinajstić information content (AvgIpc) is 2.79. The molecule has 1 heterocycles. The molecule has 3 atom stereocenters. The van der Waals surface area contributed by atoms with E-state index in [1.165, 1.54) is 25.7 Å². The molecule has 0 N–H and O–H groups in total. The van der Waals surface area contributed by atoms with Crippen molar-refractivity contribution in [1.29, 1.82) is 0 Å². The molecule has 0 bridgehead atoms. The summed E-state index contributed by atoms with van der Waals surface area (Å²) >= 11 is 1.91. The highest BCUT2D eigenvalue weighted by Gasteiger charge is 2.18. The van der Waals surface area contributed by atoms with Crippen LogP contribution in [0.4, 0.5) is 0 Å². The summed E-state index contributed by atoms with van der Waals surface area (Å²) in [6.45, 7) is 9.44. The molecule has 1 aromatic rings. The molecule has 0 aliphatic carbocycles. The van der Waals surface area contributed by atoms with Gasteiger partial charge in [0, 0.05) is 4.88 Å². The van der Waals surface area contributed by atoms with E-state index in [-0.39, 0.29) is 0 Å². The Morgan fingerprint density at radius 3 is 2.44 bits per heavy atom. The third-order valence-corrected chi connectivity index (χ3v) is 4.79. The van der Waals surface area contributed by atoms with Crippen LogP contribution in [0.5, 0.6) is 0 Å². The highest BCUT2D eigenvalue weighted by Crippen LogP contribution is 2.29. The van der Waals surface area contributed by atoms with Gasteiger partial charge in [-0.15, -0.1) is 11.3 Å². The van der Waals surface area contributed by atoms with Gasteiger partial charge >= 0.3 is 0 Å². The molecule has 0 radical (unpaired) electrons. The molecule has 0 spiro atoms. The minimum absolute atomic E-state index is 0.857. The van der Waals surface area contributed by atoms with Crippen molar-refractivity contribution in [2.24, 2.45) is 17.8 Å². The highest BCUT2D eigenvalue weighted by molar-refractivity contribution is 7.09. The predicted molar refractivity (Wildman–Crippen MR) is 75.0 cm³/mol. The van der Waals surface area contributed by atoms with E-state index in [0.717, 1.165) is 17.8 Å².